The Labute approximate surface area is 76.8 Å². The molecule has 1 heterocycles. The van der Waals surface area contributed by atoms with E-state index in [0.717, 1.165) is 5.82 Å². The normalized spacial score (nSPS) is 11.9. The molecule has 74 valence electrons. The van der Waals surface area contributed by atoms with Gasteiger partial charge in [-0.25, -0.2) is 4.98 Å². The zero-order valence-corrected chi connectivity index (χ0v) is 7.62. The molecule has 1 rings (SSSR count). The minimum absolute atomic E-state index is 0.107. The highest BCUT2D eigenvalue weighted by atomic mass is 16.3. The zero-order valence-electron chi connectivity index (χ0n) is 7.62. The van der Waals surface area contributed by atoms with Gasteiger partial charge in [-0.1, -0.05) is 0 Å². The van der Waals surface area contributed by atoms with Crippen LogP contribution in [0, 0.1) is 0 Å². The van der Waals surface area contributed by atoms with Crippen molar-refractivity contribution in [2.75, 3.05) is 13.2 Å². The van der Waals surface area contributed by atoms with Crippen molar-refractivity contribution in [2.24, 2.45) is 0 Å². The highest BCUT2D eigenvalue weighted by Gasteiger charge is 2.21. The van der Waals surface area contributed by atoms with Gasteiger partial charge in [-0.05, 0) is 6.92 Å². The van der Waals surface area contributed by atoms with Crippen molar-refractivity contribution in [3.05, 3.63) is 18.2 Å². The van der Waals surface area contributed by atoms with Crippen LogP contribution in [0.2, 0.25) is 0 Å². The molecule has 0 radical (unpaired) electrons. The van der Waals surface area contributed by atoms with Crippen LogP contribution in [0.4, 0.5) is 0 Å². The molecule has 0 aliphatic carbocycles. The van der Waals surface area contributed by atoms with Crippen molar-refractivity contribution < 1.29 is 10.2 Å². The Morgan fingerprint density at radius 2 is 2.23 bits per heavy atom. The van der Waals surface area contributed by atoms with Gasteiger partial charge in [0.1, 0.15) is 5.82 Å². The highest BCUT2D eigenvalue weighted by molar-refractivity contribution is 4.90. The number of nitrogens with zero attached hydrogens (tertiary/aromatic N) is 1. The standard InChI is InChI=1S/C8H15N3O2/c1-8(5-12,6-13)11-4-7-9-2-3-10-7/h2-3,11-13H,4-6H2,1H3,(H,9,10). The molecule has 1 aromatic rings. The van der Waals surface area contributed by atoms with E-state index in [1.54, 1.807) is 19.3 Å². The van der Waals surface area contributed by atoms with E-state index in [1.165, 1.54) is 0 Å². The third-order valence-electron chi connectivity index (χ3n) is 1.94. The number of rotatable bonds is 5. The van der Waals surface area contributed by atoms with Crippen molar-refractivity contribution in [3.63, 3.8) is 0 Å². The predicted molar refractivity (Wildman–Crippen MR) is 48.0 cm³/mol. The van der Waals surface area contributed by atoms with Gasteiger partial charge in [0, 0.05) is 12.4 Å². The topological polar surface area (TPSA) is 81.2 Å². The summed E-state index contributed by atoms with van der Waals surface area (Å²) in [6, 6.07) is 0. The minimum Gasteiger partial charge on any atom is -0.394 e. The molecular weight excluding hydrogens is 170 g/mol. The van der Waals surface area contributed by atoms with Crippen LogP contribution in [0.3, 0.4) is 0 Å². The second-order valence-corrected chi connectivity index (χ2v) is 3.27. The molecule has 5 nitrogen and oxygen atoms in total. The summed E-state index contributed by atoms with van der Waals surface area (Å²) in [6.07, 6.45) is 3.39. The third kappa shape index (κ3) is 2.80. The fourth-order valence-electron chi connectivity index (χ4n) is 0.854. The average Bonchev–Trinajstić information content (AvgIpc) is 2.67. The van der Waals surface area contributed by atoms with Gasteiger partial charge in [-0.3, -0.25) is 0 Å². The summed E-state index contributed by atoms with van der Waals surface area (Å²) in [5.41, 5.74) is -0.646. The van der Waals surface area contributed by atoms with Gasteiger partial charge < -0.3 is 20.5 Å². The predicted octanol–water partition coefficient (Wildman–Crippen LogP) is -0.757. The van der Waals surface area contributed by atoms with Gasteiger partial charge in [0.05, 0.1) is 25.3 Å². The number of nitrogens with one attached hydrogen (secondary N) is 2. The number of imidazole rings is 1. The molecule has 0 aromatic carbocycles. The maximum absolute atomic E-state index is 8.96. The van der Waals surface area contributed by atoms with E-state index in [0.29, 0.717) is 6.54 Å². The van der Waals surface area contributed by atoms with Gasteiger partial charge in [0.15, 0.2) is 0 Å². The second kappa shape index (κ2) is 4.36. The first-order valence-corrected chi connectivity index (χ1v) is 4.15. The molecule has 4 N–H and O–H groups in total. The molecule has 0 saturated carbocycles. The van der Waals surface area contributed by atoms with E-state index in [9.17, 15) is 0 Å². The van der Waals surface area contributed by atoms with Gasteiger partial charge in [0.25, 0.3) is 0 Å². The molecule has 5 heteroatoms. The molecular formula is C8H15N3O2. The van der Waals surface area contributed by atoms with Crippen molar-refractivity contribution in [1.29, 1.82) is 0 Å². The molecule has 0 atom stereocenters. The lowest BCUT2D eigenvalue weighted by molar-refractivity contribution is 0.102. The Balaban J connectivity index is 2.41. The smallest absolute Gasteiger partial charge is 0.120 e. The van der Waals surface area contributed by atoms with Crippen LogP contribution < -0.4 is 5.32 Å². The molecule has 0 spiro atoms. The summed E-state index contributed by atoms with van der Waals surface area (Å²) >= 11 is 0. The molecule has 0 aliphatic heterocycles. The van der Waals surface area contributed by atoms with Crippen LogP contribution in [0.15, 0.2) is 12.4 Å². The highest BCUT2D eigenvalue weighted by Crippen LogP contribution is 2.01. The Bertz CT molecular complexity index is 232. The lowest BCUT2D eigenvalue weighted by Gasteiger charge is -2.25. The van der Waals surface area contributed by atoms with Crippen LogP contribution in [-0.4, -0.2) is 38.9 Å². The van der Waals surface area contributed by atoms with Crippen molar-refractivity contribution in [3.8, 4) is 0 Å². The SMILES string of the molecule is CC(CO)(CO)NCc1ncc[nH]1. The fraction of sp³-hybridized carbons (Fsp3) is 0.625. The third-order valence-corrected chi connectivity index (χ3v) is 1.94. The first-order valence-electron chi connectivity index (χ1n) is 4.15. The van der Waals surface area contributed by atoms with Crippen molar-refractivity contribution >= 4 is 0 Å². The molecule has 1 aromatic heterocycles. The van der Waals surface area contributed by atoms with Crippen molar-refractivity contribution in [1.82, 2.24) is 15.3 Å². The summed E-state index contributed by atoms with van der Waals surface area (Å²) in [7, 11) is 0. The molecule has 0 unspecified atom stereocenters. The van der Waals surface area contributed by atoms with Gasteiger partial charge >= 0.3 is 0 Å². The maximum atomic E-state index is 8.96. The van der Waals surface area contributed by atoms with Crippen LogP contribution in [0.1, 0.15) is 12.7 Å². The van der Waals surface area contributed by atoms with Crippen LogP contribution in [-0.2, 0) is 6.54 Å². The first-order chi connectivity index (χ1) is 6.20. The average molecular weight is 185 g/mol. The Kier molecular flexibility index (Phi) is 3.41. The Morgan fingerprint density at radius 1 is 1.54 bits per heavy atom. The number of aliphatic hydroxyl groups excluding tert-OH is 2. The van der Waals surface area contributed by atoms with Crippen LogP contribution in [0.5, 0.6) is 0 Å². The van der Waals surface area contributed by atoms with E-state index < -0.39 is 5.54 Å². The van der Waals surface area contributed by atoms with E-state index in [4.69, 9.17) is 10.2 Å². The molecule has 0 amide bonds. The largest absolute Gasteiger partial charge is 0.394 e. The summed E-state index contributed by atoms with van der Waals surface area (Å²) in [5.74, 6) is 0.785. The number of hydrogen-bond acceptors (Lipinski definition) is 4. The number of aromatic nitrogens is 2. The maximum Gasteiger partial charge on any atom is 0.120 e. The lowest BCUT2D eigenvalue weighted by Crippen LogP contribution is -2.48. The summed E-state index contributed by atoms with van der Waals surface area (Å²) in [6.45, 7) is 2.04. The second-order valence-electron chi connectivity index (χ2n) is 3.27. The van der Waals surface area contributed by atoms with E-state index in [1.807, 2.05) is 0 Å². The quantitative estimate of drug-likeness (QED) is 0.486. The molecule has 13 heavy (non-hydrogen) atoms. The molecule has 0 aliphatic rings. The number of hydrogen-bond donors (Lipinski definition) is 4. The first kappa shape index (κ1) is 10.2. The van der Waals surface area contributed by atoms with Crippen LogP contribution >= 0.6 is 0 Å². The summed E-state index contributed by atoms with van der Waals surface area (Å²) < 4.78 is 0. The van der Waals surface area contributed by atoms with Gasteiger partial charge in [-0.2, -0.15) is 0 Å². The van der Waals surface area contributed by atoms with Gasteiger partial charge in [0.2, 0.25) is 0 Å². The summed E-state index contributed by atoms with van der Waals surface area (Å²) in [4.78, 5) is 6.93. The monoisotopic (exact) mass is 185 g/mol. The molecule has 0 saturated heterocycles. The summed E-state index contributed by atoms with van der Waals surface area (Å²) in [5, 5.41) is 20.9. The zero-order chi connectivity index (χ0) is 9.73. The number of H-pyrrole nitrogens is 1. The fourth-order valence-corrected chi connectivity index (χ4v) is 0.854. The van der Waals surface area contributed by atoms with E-state index >= 15 is 0 Å². The number of aliphatic hydroxyl groups is 2. The number of aromatic amines is 1. The molecule has 0 fully saturated rings. The minimum atomic E-state index is -0.646. The van der Waals surface area contributed by atoms with Gasteiger partial charge in [-0.15, -0.1) is 0 Å². The lowest BCUT2D eigenvalue weighted by atomic mass is 10.1. The molecule has 0 bridgehead atoms. The van der Waals surface area contributed by atoms with E-state index in [2.05, 4.69) is 15.3 Å². The van der Waals surface area contributed by atoms with Crippen LogP contribution in [0.25, 0.3) is 0 Å². The van der Waals surface area contributed by atoms with E-state index in [-0.39, 0.29) is 13.2 Å². The Morgan fingerprint density at radius 3 is 2.69 bits per heavy atom. The Hall–Kier alpha value is -0.910. The van der Waals surface area contributed by atoms with Crippen molar-refractivity contribution in [2.45, 2.75) is 19.0 Å².